The first-order valence-electron chi connectivity index (χ1n) is 9.73. The summed E-state index contributed by atoms with van der Waals surface area (Å²) < 4.78 is 0. The Balaban J connectivity index is 1.46. The molecule has 0 spiro atoms. The van der Waals surface area contributed by atoms with Crippen molar-refractivity contribution >= 4 is 11.9 Å². The molecule has 144 valence electrons. The average molecular weight is 369 g/mol. The predicted octanol–water partition coefficient (Wildman–Crippen LogP) is 0.964. The van der Waals surface area contributed by atoms with Crippen molar-refractivity contribution in [3.63, 3.8) is 0 Å². The number of nitrogens with one attached hydrogen (secondary N) is 1. The standard InChI is InChI=1S/C21H29N5O/c1-17(2)19-7-5-18(6-8-19)15-24(3)16-20(27)25-11-13-26(14-12-25)21-22-9-4-10-23-21/h4-10,17H,11-16H2,1-3H3/p+1. The molecule has 0 saturated carbocycles. The van der Waals surface area contributed by atoms with E-state index >= 15 is 0 Å². The van der Waals surface area contributed by atoms with E-state index in [0.717, 1.165) is 38.7 Å². The molecule has 1 atom stereocenters. The summed E-state index contributed by atoms with van der Waals surface area (Å²) in [5, 5.41) is 0. The number of hydrogen-bond acceptors (Lipinski definition) is 4. The van der Waals surface area contributed by atoms with Gasteiger partial charge in [-0.2, -0.15) is 0 Å². The normalized spacial score (nSPS) is 15.9. The predicted molar refractivity (Wildman–Crippen MR) is 107 cm³/mol. The van der Waals surface area contributed by atoms with Crippen molar-refractivity contribution in [3.8, 4) is 0 Å². The number of quaternary nitrogens is 1. The molecule has 1 fully saturated rings. The highest BCUT2D eigenvalue weighted by Gasteiger charge is 2.24. The molecule has 6 heteroatoms. The van der Waals surface area contributed by atoms with Gasteiger partial charge in [-0.05, 0) is 17.5 Å². The Labute approximate surface area is 161 Å². The lowest BCUT2D eigenvalue weighted by Crippen LogP contribution is -3.09. The number of likely N-dealkylation sites (N-methyl/N-ethyl adjacent to an activating group) is 1. The Hall–Kier alpha value is -2.47. The van der Waals surface area contributed by atoms with Crippen LogP contribution in [0.15, 0.2) is 42.7 Å². The van der Waals surface area contributed by atoms with Gasteiger partial charge in [-0.3, -0.25) is 4.79 Å². The van der Waals surface area contributed by atoms with E-state index < -0.39 is 0 Å². The van der Waals surface area contributed by atoms with E-state index in [-0.39, 0.29) is 5.91 Å². The van der Waals surface area contributed by atoms with Crippen LogP contribution < -0.4 is 9.80 Å². The van der Waals surface area contributed by atoms with E-state index in [2.05, 4.69) is 60.0 Å². The minimum Gasteiger partial charge on any atom is -0.337 e. The molecule has 1 unspecified atom stereocenters. The van der Waals surface area contributed by atoms with E-state index in [1.807, 2.05) is 11.0 Å². The average Bonchev–Trinajstić information content (AvgIpc) is 2.69. The molecule has 6 nitrogen and oxygen atoms in total. The maximum absolute atomic E-state index is 12.6. The fourth-order valence-electron chi connectivity index (χ4n) is 3.41. The van der Waals surface area contributed by atoms with Gasteiger partial charge in [0.25, 0.3) is 5.91 Å². The van der Waals surface area contributed by atoms with Crippen molar-refractivity contribution in [3.05, 3.63) is 53.9 Å². The summed E-state index contributed by atoms with van der Waals surface area (Å²) in [6.07, 6.45) is 3.51. The third kappa shape index (κ3) is 5.26. The fraction of sp³-hybridized carbons (Fsp3) is 0.476. The molecule has 1 aliphatic rings. The van der Waals surface area contributed by atoms with Crippen LogP contribution in [0.3, 0.4) is 0 Å². The van der Waals surface area contributed by atoms with Gasteiger partial charge in [0, 0.05) is 44.1 Å². The van der Waals surface area contributed by atoms with Gasteiger partial charge >= 0.3 is 0 Å². The largest absolute Gasteiger partial charge is 0.337 e. The second-order valence-corrected chi connectivity index (χ2v) is 7.62. The highest BCUT2D eigenvalue weighted by Crippen LogP contribution is 2.14. The molecule has 1 aromatic heterocycles. The Morgan fingerprint density at radius 1 is 1.07 bits per heavy atom. The lowest BCUT2D eigenvalue weighted by molar-refractivity contribution is -0.885. The molecule has 1 aliphatic heterocycles. The van der Waals surface area contributed by atoms with E-state index in [4.69, 9.17) is 0 Å². The van der Waals surface area contributed by atoms with Crippen LogP contribution in [0.25, 0.3) is 0 Å². The summed E-state index contributed by atoms with van der Waals surface area (Å²) in [5.41, 5.74) is 2.63. The number of anilines is 1. The molecular weight excluding hydrogens is 338 g/mol. The fourth-order valence-corrected chi connectivity index (χ4v) is 3.41. The second kappa shape index (κ2) is 8.95. The van der Waals surface area contributed by atoms with Gasteiger partial charge in [-0.25, -0.2) is 9.97 Å². The zero-order chi connectivity index (χ0) is 19.2. The first kappa shape index (κ1) is 19.3. The maximum Gasteiger partial charge on any atom is 0.277 e. The quantitative estimate of drug-likeness (QED) is 0.825. The number of piperazine rings is 1. The molecule has 2 heterocycles. The zero-order valence-corrected chi connectivity index (χ0v) is 16.6. The number of rotatable bonds is 6. The SMILES string of the molecule is CC(C)c1ccc(C[NH+](C)CC(=O)N2CCN(c3ncccn3)CC2)cc1. The van der Waals surface area contributed by atoms with Crippen molar-refractivity contribution in [2.75, 3.05) is 44.7 Å². The van der Waals surface area contributed by atoms with Gasteiger partial charge in [0.05, 0.1) is 7.05 Å². The number of carbonyl (C=O) groups is 1. The summed E-state index contributed by atoms with van der Waals surface area (Å²) in [4.78, 5) is 26.5. The van der Waals surface area contributed by atoms with Gasteiger partial charge in [0.1, 0.15) is 6.54 Å². The molecule has 0 bridgehead atoms. The van der Waals surface area contributed by atoms with Crippen molar-refractivity contribution in [1.29, 1.82) is 0 Å². The highest BCUT2D eigenvalue weighted by atomic mass is 16.2. The molecule has 0 aliphatic carbocycles. The molecule has 1 saturated heterocycles. The van der Waals surface area contributed by atoms with Gasteiger partial charge in [-0.15, -0.1) is 0 Å². The Morgan fingerprint density at radius 3 is 2.30 bits per heavy atom. The molecule has 0 radical (unpaired) electrons. The van der Waals surface area contributed by atoms with Crippen molar-refractivity contribution in [1.82, 2.24) is 14.9 Å². The molecule has 2 aromatic rings. The van der Waals surface area contributed by atoms with Crippen LogP contribution in [0.1, 0.15) is 30.9 Å². The van der Waals surface area contributed by atoms with E-state index in [9.17, 15) is 4.79 Å². The van der Waals surface area contributed by atoms with Crippen molar-refractivity contribution in [2.45, 2.75) is 26.3 Å². The molecule has 27 heavy (non-hydrogen) atoms. The number of nitrogens with zero attached hydrogens (tertiary/aromatic N) is 4. The Bertz CT molecular complexity index is 724. The van der Waals surface area contributed by atoms with E-state index in [0.29, 0.717) is 12.5 Å². The second-order valence-electron chi connectivity index (χ2n) is 7.62. The summed E-state index contributed by atoms with van der Waals surface area (Å²) in [7, 11) is 2.09. The van der Waals surface area contributed by atoms with Crippen LogP contribution in [-0.4, -0.2) is 60.5 Å². The number of carbonyl (C=O) groups excluding carboxylic acids is 1. The van der Waals surface area contributed by atoms with E-state index in [1.54, 1.807) is 12.4 Å². The van der Waals surface area contributed by atoms with Crippen LogP contribution in [0, 0.1) is 0 Å². The van der Waals surface area contributed by atoms with Crippen LogP contribution >= 0.6 is 0 Å². The topological polar surface area (TPSA) is 53.8 Å². The number of benzene rings is 1. The smallest absolute Gasteiger partial charge is 0.277 e. The van der Waals surface area contributed by atoms with Crippen LogP contribution in [0.5, 0.6) is 0 Å². The van der Waals surface area contributed by atoms with Crippen molar-refractivity contribution in [2.24, 2.45) is 0 Å². The summed E-state index contributed by atoms with van der Waals surface area (Å²) in [6.45, 7) is 8.82. The monoisotopic (exact) mass is 368 g/mol. The Morgan fingerprint density at radius 2 is 1.70 bits per heavy atom. The van der Waals surface area contributed by atoms with Crippen LogP contribution in [0.4, 0.5) is 5.95 Å². The first-order chi connectivity index (χ1) is 13.0. The van der Waals surface area contributed by atoms with Gasteiger partial charge in [-0.1, -0.05) is 38.1 Å². The molecule has 3 rings (SSSR count). The molecular formula is C21H30N5O+. The number of hydrogen-bond donors (Lipinski definition) is 1. The van der Waals surface area contributed by atoms with Crippen molar-refractivity contribution < 1.29 is 9.69 Å². The van der Waals surface area contributed by atoms with E-state index in [1.165, 1.54) is 16.0 Å². The first-order valence-corrected chi connectivity index (χ1v) is 9.73. The molecule has 1 amide bonds. The van der Waals surface area contributed by atoms with Gasteiger partial charge in [0.2, 0.25) is 5.95 Å². The van der Waals surface area contributed by atoms with Gasteiger partial charge < -0.3 is 14.7 Å². The number of amides is 1. The van der Waals surface area contributed by atoms with Gasteiger partial charge in [0.15, 0.2) is 6.54 Å². The molecule has 1 N–H and O–H groups in total. The maximum atomic E-state index is 12.6. The summed E-state index contributed by atoms with van der Waals surface area (Å²) >= 11 is 0. The lowest BCUT2D eigenvalue weighted by atomic mass is 10.0. The highest BCUT2D eigenvalue weighted by molar-refractivity contribution is 5.77. The number of aromatic nitrogens is 2. The minimum atomic E-state index is 0.222. The van der Waals surface area contributed by atoms with Crippen LogP contribution in [-0.2, 0) is 11.3 Å². The summed E-state index contributed by atoms with van der Waals surface area (Å²) in [6, 6.07) is 10.6. The lowest BCUT2D eigenvalue weighted by Gasteiger charge is -2.34. The third-order valence-electron chi connectivity index (χ3n) is 5.07. The molecule has 1 aromatic carbocycles. The summed E-state index contributed by atoms with van der Waals surface area (Å²) in [5.74, 6) is 1.52. The zero-order valence-electron chi connectivity index (χ0n) is 16.6. The Kier molecular flexibility index (Phi) is 6.40. The van der Waals surface area contributed by atoms with Crippen LogP contribution in [0.2, 0.25) is 0 Å². The third-order valence-corrected chi connectivity index (χ3v) is 5.07. The minimum absolute atomic E-state index is 0.222.